The third kappa shape index (κ3) is 4.97. The second-order valence-electron chi connectivity index (χ2n) is 5.23. The zero-order valence-corrected chi connectivity index (χ0v) is 11.4. The molecule has 0 heterocycles. The number of amides is 3. The van der Waals surface area contributed by atoms with Crippen molar-refractivity contribution in [3.05, 3.63) is 35.6 Å². The van der Waals surface area contributed by atoms with E-state index in [2.05, 4.69) is 10.6 Å². The van der Waals surface area contributed by atoms with Crippen LogP contribution in [0.1, 0.15) is 18.4 Å². The zero-order chi connectivity index (χ0) is 14.5. The van der Waals surface area contributed by atoms with Crippen molar-refractivity contribution in [1.82, 2.24) is 10.6 Å². The van der Waals surface area contributed by atoms with Gasteiger partial charge in [0.25, 0.3) is 5.91 Å². The van der Waals surface area contributed by atoms with Crippen LogP contribution in [0.5, 0.6) is 0 Å². The van der Waals surface area contributed by atoms with E-state index in [1.807, 2.05) is 7.05 Å². The molecule has 0 aromatic heterocycles. The van der Waals surface area contributed by atoms with E-state index in [0.717, 1.165) is 23.3 Å². The van der Waals surface area contributed by atoms with Gasteiger partial charge in [-0.15, -0.1) is 0 Å². The molecule has 1 aromatic rings. The van der Waals surface area contributed by atoms with Crippen LogP contribution in [0, 0.1) is 5.82 Å². The molecule has 2 rings (SSSR count). The number of hydrogen-bond acceptors (Lipinski definition) is 2. The second-order valence-corrected chi connectivity index (χ2v) is 5.23. The third-order valence-electron chi connectivity index (χ3n) is 3.05. The molecule has 108 valence electrons. The van der Waals surface area contributed by atoms with Crippen molar-refractivity contribution in [1.29, 1.82) is 0 Å². The van der Waals surface area contributed by atoms with Gasteiger partial charge in [-0.25, -0.2) is 9.18 Å². The van der Waals surface area contributed by atoms with Crippen LogP contribution in [0.2, 0.25) is 0 Å². The second kappa shape index (κ2) is 6.47. The molecule has 3 N–H and O–H groups in total. The lowest BCUT2D eigenvalue weighted by atomic mass is 10.2. The third-order valence-corrected chi connectivity index (χ3v) is 3.05. The number of hydrogen-bond donors (Lipinski definition) is 3. The first-order chi connectivity index (χ1) is 9.52. The van der Waals surface area contributed by atoms with Crippen LogP contribution in [0.25, 0.3) is 0 Å². The minimum Gasteiger partial charge on any atom is -0.335 e. The number of imide groups is 1. The van der Waals surface area contributed by atoms with Crippen molar-refractivity contribution < 1.29 is 18.9 Å². The van der Waals surface area contributed by atoms with Crippen molar-refractivity contribution in [3.63, 3.8) is 0 Å². The van der Waals surface area contributed by atoms with E-state index in [0.29, 0.717) is 6.54 Å². The highest BCUT2D eigenvalue weighted by atomic mass is 19.1. The largest absolute Gasteiger partial charge is 0.335 e. The predicted octanol–water partition coefficient (Wildman–Crippen LogP) is -0.171. The maximum atomic E-state index is 12.8. The number of quaternary nitrogens is 1. The Bertz CT molecular complexity index is 486. The monoisotopic (exact) mass is 280 g/mol. The molecule has 1 fully saturated rings. The number of halogens is 1. The number of carbonyl (C=O) groups excluding carboxylic acids is 2. The van der Waals surface area contributed by atoms with E-state index >= 15 is 0 Å². The smallest absolute Gasteiger partial charge is 0.321 e. The Morgan fingerprint density at radius 1 is 1.30 bits per heavy atom. The van der Waals surface area contributed by atoms with Crippen LogP contribution in [0.3, 0.4) is 0 Å². The summed E-state index contributed by atoms with van der Waals surface area (Å²) >= 11 is 0. The van der Waals surface area contributed by atoms with Gasteiger partial charge in [0, 0.05) is 11.6 Å². The van der Waals surface area contributed by atoms with Gasteiger partial charge in [-0.1, -0.05) is 12.1 Å². The molecule has 1 saturated carbocycles. The first kappa shape index (κ1) is 14.5. The topological polar surface area (TPSA) is 62.6 Å². The van der Waals surface area contributed by atoms with Gasteiger partial charge in [-0.3, -0.25) is 10.1 Å². The molecule has 20 heavy (non-hydrogen) atoms. The van der Waals surface area contributed by atoms with Crippen molar-refractivity contribution in [3.8, 4) is 0 Å². The van der Waals surface area contributed by atoms with E-state index in [1.165, 1.54) is 12.1 Å². The molecule has 6 heteroatoms. The number of urea groups is 1. The highest BCUT2D eigenvalue weighted by molar-refractivity contribution is 5.94. The SMILES string of the molecule is C[NH+](CC(=O)NC(=O)NC1CC1)Cc1ccc(F)cc1. The van der Waals surface area contributed by atoms with E-state index in [9.17, 15) is 14.0 Å². The van der Waals surface area contributed by atoms with Gasteiger partial charge in [-0.05, 0) is 25.0 Å². The molecular formula is C14H19FN3O2+. The van der Waals surface area contributed by atoms with E-state index in [1.54, 1.807) is 12.1 Å². The van der Waals surface area contributed by atoms with E-state index < -0.39 is 6.03 Å². The van der Waals surface area contributed by atoms with Gasteiger partial charge in [0.15, 0.2) is 6.54 Å². The lowest BCUT2D eigenvalue weighted by Gasteiger charge is -2.13. The molecule has 0 radical (unpaired) electrons. The van der Waals surface area contributed by atoms with E-state index in [4.69, 9.17) is 0 Å². The molecule has 0 saturated heterocycles. The average molecular weight is 280 g/mol. The van der Waals surface area contributed by atoms with Crippen molar-refractivity contribution in [2.75, 3.05) is 13.6 Å². The van der Waals surface area contributed by atoms with Crippen LogP contribution in [0.4, 0.5) is 9.18 Å². The number of carbonyl (C=O) groups is 2. The van der Waals surface area contributed by atoms with Gasteiger partial charge < -0.3 is 10.2 Å². The van der Waals surface area contributed by atoms with Gasteiger partial charge in [-0.2, -0.15) is 0 Å². The Morgan fingerprint density at radius 2 is 1.95 bits per heavy atom. The lowest BCUT2D eigenvalue weighted by molar-refractivity contribution is -0.885. The average Bonchev–Trinajstić information content (AvgIpc) is 3.15. The highest BCUT2D eigenvalue weighted by Gasteiger charge is 2.24. The lowest BCUT2D eigenvalue weighted by Crippen LogP contribution is -3.09. The van der Waals surface area contributed by atoms with Gasteiger partial charge in [0.2, 0.25) is 0 Å². The van der Waals surface area contributed by atoms with Crippen molar-refractivity contribution in [2.45, 2.75) is 25.4 Å². The maximum absolute atomic E-state index is 12.8. The summed E-state index contributed by atoms with van der Waals surface area (Å²) in [5, 5.41) is 5.00. The summed E-state index contributed by atoms with van der Waals surface area (Å²) in [6.45, 7) is 0.785. The summed E-state index contributed by atoms with van der Waals surface area (Å²) in [6, 6.07) is 5.98. The van der Waals surface area contributed by atoms with Crippen molar-refractivity contribution in [2.24, 2.45) is 0 Å². The van der Waals surface area contributed by atoms with E-state index in [-0.39, 0.29) is 24.3 Å². The molecule has 1 unspecified atom stereocenters. The fourth-order valence-corrected chi connectivity index (χ4v) is 1.91. The first-order valence-electron chi connectivity index (χ1n) is 6.69. The predicted molar refractivity (Wildman–Crippen MR) is 71.6 cm³/mol. The number of benzene rings is 1. The number of rotatable bonds is 5. The summed E-state index contributed by atoms with van der Waals surface area (Å²) in [5.74, 6) is -0.594. The van der Waals surface area contributed by atoms with Crippen LogP contribution in [0.15, 0.2) is 24.3 Å². The molecule has 3 amide bonds. The number of likely N-dealkylation sites (N-methyl/N-ethyl adjacent to an activating group) is 1. The normalized spacial score (nSPS) is 15.5. The molecule has 0 aliphatic heterocycles. The quantitative estimate of drug-likeness (QED) is 0.701. The molecule has 5 nitrogen and oxygen atoms in total. The summed E-state index contributed by atoms with van der Waals surface area (Å²) in [4.78, 5) is 24.0. The Kier molecular flexibility index (Phi) is 4.68. The molecule has 0 bridgehead atoms. The van der Waals surface area contributed by atoms with Crippen molar-refractivity contribution >= 4 is 11.9 Å². The van der Waals surface area contributed by atoms with Gasteiger partial charge in [0.05, 0.1) is 7.05 Å². The number of nitrogens with one attached hydrogen (secondary N) is 3. The molecular weight excluding hydrogens is 261 g/mol. The van der Waals surface area contributed by atoms with Crippen LogP contribution in [-0.2, 0) is 11.3 Å². The van der Waals surface area contributed by atoms with Gasteiger partial charge >= 0.3 is 6.03 Å². The Hall–Kier alpha value is -1.95. The highest BCUT2D eigenvalue weighted by Crippen LogP contribution is 2.18. The van der Waals surface area contributed by atoms with Crippen LogP contribution in [-0.4, -0.2) is 31.6 Å². The molecule has 1 aliphatic carbocycles. The minimum absolute atomic E-state index is 0.190. The molecule has 1 aromatic carbocycles. The summed E-state index contributed by atoms with van der Waals surface area (Å²) in [5.41, 5.74) is 0.944. The summed E-state index contributed by atoms with van der Waals surface area (Å²) < 4.78 is 12.8. The standard InChI is InChI=1S/C14H18FN3O2/c1-18(8-10-2-4-11(15)5-3-10)9-13(19)17-14(20)16-12-6-7-12/h2-5,12H,6-9H2,1H3,(H2,16,17,19,20)/p+1. The Labute approximate surface area is 117 Å². The molecule has 1 atom stereocenters. The van der Waals surface area contributed by atoms with Gasteiger partial charge in [0.1, 0.15) is 12.4 Å². The first-order valence-corrected chi connectivity index (χ1v) is 6.69. The zero-order valence-electron chi connectivity index (χ0n) is 11.4. The summed E-state index contributed by atoms with van der Waals surface area (Å²) in [7, 11) is 1.85. The molecule has 1 aliphatic rings. The fourth-order valence-electron chi connectivity index (χ4n) is 1.91. The van der Waals surface area contributed by atoms with Crippen LogP contribution >= 0.6 is 0 Å². The van der Waals surface area contributed by atoms with Crippen LogP contribution < -0.4 is 15.5 Å². The molecule has 0 spiro atoms. The Balaban J connectivity index is 1.72. The minimum atomic E-state index is -0.424. The Morgan fingerprint density at radius 3 is 2.55 bits per heavy atom. The maximum Gasteiger partial charge on any atom is 0.321 e. The summed E-state index contributed by atoms with van der Waals surface area (Å²) in [6.07, 6.45) is 1.97. The fraction of sp³-hybridized carbons (Fsp3) is 0.429.